The third-order valence-electron chi connectivity index (χ3n) is 9.10. The third-order valence-corrected chi connectivity index (χ3v) is 11.1. The van der Waals surface area contributed by atoms with E-state index in [1.54, 1.807) is 28.8 Å². The van der Waals surface area contributed by atoms with Crippen molar-refractivity contribution in [2.75, 3.05) is 26.2 Å². The maximum atomic E-state index is 14.5. The molecule has 1 N–H and O–H groups in total. The van der Waals surface area contributed by atoms with Crippen molar-refractivity contribution in [2.45, 2.75) is 87.4 Å². The zero-order valence-electron chi connectivity index (χ0n) is 25.2. The molecule has 1 spiro atoms. The molecule has 2 bridgehead atoms. The van der Waals surface area contributed by atoms with Crippen molar-refractivity contribution >= 4 is 29.5 Å². The summed E-state index contributed by atoms with van der Waals surface area (Å²) in [6, 6.07) is 9.26. The number of rotatable bonds is 13. The number of hydrogen-bond acceptors (Lipinski definition) is 5. The van der Waals surface area contributed by atoms with Crippen LogP contribution in [-0.4, -0.2) is 84.8 Å². The minimum atomic E-state index is -0.655. The number of carbonyl (C=O) groups is 3. The smallest absolute Gasteiger partial charge is 0.247 e. The van der Waals surface area contributed by atoms with Crippen molar-refractivity contribution in [3.63, 3.8) is 0 Å². The van der Waals surface area contributed by atoms with Crippen LogP contribution >= 0.6 is 11.8 Å². The van der Waals surface area contributed by atoms with E-state index in [0.717, 1.165) is 24.8 Å². The van der Waals surface area contributed by atoms with Crippen LogP contribution in [0.15, 0.2) is 55.6 Å². The van der Waals surface area contributed by atoms with Gasteiger partial charge in [0.15, 0.2) is 0 Å². The molecule has 3 heterocycles. The van der Waals surface area contributed by atoms with E-state index in [1.807, 2.05) is 60.9 Å². The molecule has 3 aliphatic heterocycles. The summed E-state index contributed by atoms with van der Waals surface area (Å²) in [5.41, 5.74) is 0.572. The molecule has 3 saturated heterocycles. The average Bonchev–Trinajstić information content (AvgIpc) is 3.49. The van der Waals surface area contributed by atoms with E-state index in [9.17, 15) is 19.5 Å². The number of hydrogen-bond donors (Lipinski definition) is 1. The zero-order chi connectivity index (χ0) is 30.0. The van der Waals surface area contributed by atoms with Gasteiger partial charge in [0.25, 0.3) is 0 Å². The standard InChI is InChI=1S/C33H47N3O4S/c1-7-19-34(23-24-15-11-9-12-16-24)28(38)25-26-29(39)35(21-13-10-14-22-37)27(33(26)18-17-32(25,6)41-33)30(40)36(20-8-2)31(3,4)5/h7-9,11-12,15-16,25-27,37H,1-2,10,13-14,17-23H2,3-6H3/t25-,26+,27?,32+,33?/m1/s1. The fraction of sp³-hybridized carbons (Fsp3) is 0.606. The van der Waals surface area contributed by atoms with Gasteiger partial charge >= 0.3 is 0 Å². The van der Waals surface area contributed by atoms with Crippen LogP contribution in [0, 0.1) is 11.8 Å². The van der Waals surface area contributed by atoms with E-state index >= 15 is 0 Å². The first-order valence-electron chi connectivity index (χ1n) is 14.9. The molecule has 1 aromatic rings. The third kappa shape index (κ3) is 5.74. The molecule has 3 amide bonds. The first kappa shape index (κ1) is 31.4. The lowest BCUT2D eigenvalue weighted by Gasteiger charge is -2.42. The van der Waals surface area contributed by atoms with Gasteiger partial charge in [-0.2, -0.15) is 0 Å². The van der Waals surface area contributed by atoms with Crippen LogP contribution in [0.2, 0.25) is 0 Å². The normalized spacial score (nSPS) is 28.5. The predicted octanol–water partition coefficient (Wildman–Crippen LogP) is 4.66. The maximum absolute atomic E-state index is 14.5. The van der Waals surface area contributed by atoms with E-state index in [2.05, 4.69) is 20.1 Å². The fourth-order valence-electron chi connectivity index (χ4n) is 7.25. The predicted molar refractivity (Wildman–Crippen MR) is 165 cm³/mol. The highest BCUT2D eigenvalue weighted by molar-refractivity contribution is 8.02. The van der Waals surface area contributed by atoms with Crippen molar-refractivity contribution < 1.29 is 19.5 Å². The van der Waals surface area contributed by atoms with E-state index < -0.39 is 32.9 Å². The Kier molecular flexibility index (Phi) is 9.44. The Labute approximate surface area is 250 Å². The molecular weight excluding hydrogens is 534 g/mol. The Morgan fingerprint density at radius 3 is 2.37 bits per heavy atom. The molecule has 4 rings (SSSR count). The van der Waals surface area contributed by atoms with E-state index in [1.165, 1.54) is 0 Å². The molecule has 0 saturated carbocycles. The number of benzene rings is 1. The SMILES string of the molecule is C=CCN(Cc1ccccc1)C(=O)[C@H]1[C@H]2C(=O)N(CCCCCO)C(C(=O)N(CC=C)C(C)(C)C)C23CC[C@]1(C)S3. The van der Waals surface area contributed by atoms with Gasteiger partial charge in [-0.1, -0.05) is 42.5 Å². The summed E-state index contributed by atoms with van der Waals surface area (Å²) >= 11 is 1.71. The Morgan fingerprint density at radius 2 is 1.76 bits per heavy atom. The molecule has 8 heteroatoms. The first-order valence-corrected chi connectivity index (χ1v) is 15.7. The summed E-state index contributed by atoms with van der Waals surface area (Å²) in [7, 11) is 0. The highest BCUT2D eigenvalue weighted by Gasteiger charge is 2.77. The quantitative estimate of drug-likeness (QED) is 0.271. The average molecular weight is 582 g/mol. The van der Waals surface area contributed by atoms with E-state index in [4.69, 9.17) is 0 Å². The van der Waals surface area contributed by atoms with Crippen molar-refractivity contribution in [3.05, 3.63) is 61.2 Å². The lowest BCUT2D eigenvalue weighted by atomic mass is 9.66. The summed E-state index contributed by atoms with van der Waals surface area (Å²) in [5.74, 6) is -1.24. The number of amides is 3. The van der Waals surface area contributed by atoms with Gasteiger partial charge in [0.05, 0.1) is 16.6 Å². The van der Waals surface area contributed by atoms with Gasteiger partial charge in [-0.15, -0.1) is 24.9 Å². The monoisotopic (exact) mass is 581 g/mol. The Balaban J connectivity index is 1.74. The molecule has 1 aromatic carbocycles. The fourth-order valence-corrected chi connectivity index (χ4v) is 9.60. The van der Waals surface area contributed by atoms with Crippen LogP contribution in [0.25, 0.3) is 0 Å². The molecule has 0 radical (unpaired) electrons. The maximum Gasteiger partial charge on any atom is 0.247 e. The lowest BCUT2D eigenvalue weighted by Crippen LogP contribution is -2.58. The van der Waals surface area contributed by atoms with Crippen molar-refractivity contribution in [1.29, 1.82) is 0 Å². The summed E-state index contributed by atoms with van der Waals surface area (Å²) in [5, 5.41) is 9.31. The molecule has 3 fully saturated rings. The van der Waals surface area contributed by atoms with Gasteiger partial charge in [0.2, 0.25) is 17.7 Å². The molecular formula is C33H47N3O4S. The molecule has 2 unspecified atom stereocenters. The number of thioether (sulfide) groups is 1. The summed E-state index contributed by atoms with van der Waals surface area (Å²) in [4.78, 5) is 48.9. The van der Waals surface area contributed by atoms with Crippen LogP contribution in [0.3, 0.4) is 0 Å². The van der Waals surface area contributed by atoms with Crippen LogP contribution in [0.5, 0.6) is 0 Å². The summed E-state index contributed by atoms with van der Waals surface area (Å²) in [6.07, 6.45) is 7.12. The number of nitrogens with zero attached hydrogens (tertiary/aromatic N) is 3. The molecule has 0 aromatic heterocycles. The largest absolute Gasteiger partial charge is 0.396 e. The van der Waals surface area contributed by atoms with Crippen LogP contribution in [-0.2, 0) is 20.9 Å². The second-order valence-electron chi connectivity index (χ2n) is 12.9. The first-order chi connectivity index (χ1) is 19.4. The zero-order valence-corrected chi connectivity index (χ0v) is 26.0. The minimum absolute atomic E-state index is 0.0317. The van der Waals surface area contributed by atoms with Gasteiger partial charge in [-0.05, 0) is 65.4 Å². The highest BCUT2D eigenvalue weighted by atomic mass is 32.2. The van der Waals surface area contributed by atoms with Crippen LogP contribution in [0.4, 0.5) is 0 Å². The second-order valence-corrected chi connectivity index (χ2v) is 14.8. The summed E-state index contributed by atoms with van der Waals surface area (Å²) in [6.45, 7) is 17.7. The van der Waals surface area contributed by atoms with Crippen molar-refractivity contribution in [2.24, 2.45) is 11.8 Å². The molecule has 5 atom stereocenters. The summed E-state index contributed by atoms with van der Waals surface area (Å²) < 4.78 is -1.09. The molecule has 7 nitrogen and oxygen atoms in total. The Morgan fingerprint density at radius 1 is 1.07 bits per heavy atom. The molecule has 0 aliphatic carbocycles. The lowest BCUT2D eigenvalue weighted by molar-refractivity contribution is -0.146. The minimum Gasteiger partial charge on any atom is -0.396 e. The number of fused-ring (bicyclic) bond motifs is 1. The highest BCUT2D eigenvalue weighted by Crippen LogP contribution is 2.71. The number of aliphatic hydroxyl groups is 1. The van der Waals surface area contributed by atoms with Crippen molar-refractivity contribution in [1.82, 2.24) is 14.7 Å². The van der Waals surface area contributed by atoms with Gasteiger partial charge in [-0.25, -0.2) is 0 Å². The van der Waals surface area contributed by atoms with Gasteiger partial charge in [0, 0.05) is 43.1 Å². The molecule has 41 heavy (non-hydrogen) atoms. The number of aliphatic hydroxyl groups excluding tert-OH is 1. The van der Waals surface area contributed by atoms with Gasteiger partial charge in [-0.3, -0.25) is 14.4 Å². The van der Waals surface area contributed by atoms with Crippen LogP contribution < -0.4 is 0 Å². The molecule has 224 valence electrons. The van der Waals surface area contributed by atoms with Gasteiger partial charge in [0.1, 0.15) is 6.04 Å². The Bertz CT molecular complexity index is 1150. The second kappa shape index (κ2) is 12.3. The van der Waals surface area contributed by atoms with Gasteiger partial charge < -0.3 is 19.8 Å². The topological polar surface area (TPSA) is 81.2 Å². The van der Waals surface area contributed by atoms with E-state index in [0.29, 0.717) is 39.0 Å². The van der Waals surface area contributed by atoms with Crippen molar-refractivity contribution in [3.8, 4) is 0 Å². The Hall–Kier alpha value is -2.58. The number of carbonyl (C=O) groups excluding carboxylic acids is 3. The molecule has 3 aliphatic rings. The number of unbranched alkanes of at least 4 members (excludes halogenated alkanes) is 2. The van der Waals surface area contributed by atoms with E-state index in [-0.39, 0.29) is 24.3 Å². The number of likely N-dealkylation sites (tertiary alicyclic amines) is 1. The van der Waals surface area contributed by atoms with Crippen LogP contribution in [0.1, 0.15) is 65.4 Å².